The fourth-order valence-corrected chi connectivity index (χ4v) is 3.38. The molecule has 1 atom stereocenters. The van der Waals surface area contributed by atoms with Crippen LogP contribution < -0.4 is 19.7 Å². The van der Waals surface area contributed by atoms with Gasteiger partial charge in [-0.25, -0.2) is 4.79 Å². The smallest absolute Gasteiger partial charge is 0.414 e. The van der Waals surface area contributed by atoms with Crippen LogP contribution in [0.4, 0.5) is 10.5 Å². The molecule has 1 N–H and O–H groups in total. The fourth-order valence-electron chi connectivity index (χ4n) is 3.38. The molecule has 0 unspecified atom stereocenters. The lowest BCUT2D eigenvalue weighted by Gasteiger charge is -2.16. The highest BCUT2D eigenvalue weighted by Gasteiger charge is 2.33. The maximum Gasteiger partial charge on any atom is 0.414 e. The molecular formula is C18H24N2O5. The van der Waals surface area contributed by atoms with Crippen LogP contribution in [0.25, 0.3) is 0 Å². The summed E-state index contributed by atoms with van der Waals surface area (Å²) in [5, 5.41) is 2.91. The van der Waals surface area contributed by atoms with Gasteiger partial charge in [-0.15, -0.1) is 0 Å². The molecule has 136 valence electrons. The van der Waals surface area contributed by atoms with Crippen LogP contribution in [0.1, 0.15) is 25.7 Å². The molecule has 3 rings (SSSR count). The second-order valence-corrected chi connectivity index (χ2v) is 6.38. The van der Waals surface area contributed by atoms with Gasteiger partial charge in [-0.3, -0.25) is 9.69 Å². The Balaban J connectivity index is 1.59. The van der Waals surface area contributed by atoms with Gasteiger partial charge in [0.2, 0.25) is 5.91 Å². The number of ether oxygens (including phenoxy) is 3. The van der Waals surface area contributed by atoms with E-state index in [9.17, 15) is 9.59 Å². The predicted octanol–water partition coefficient (Wildman–Crippen LogP) is 2.34. The maximum absolute atomic E-state index is 12.2. The first-order valence-electron chi connectivity index (χ1n) is 8.60. The maximum atomic E-state index is 12.2. The van der Waals surface area contributed by atoms with E-state index >= 15 is 0 Å². The van der Waals surface area contributed by atoms with E-state index in [-0.39, 0.29) is 17.9 Å². The number of cyclic esters (lactones) is 1. The summed E-state index contributed by atoms with van der Waals surface area (Å²) in [6, 6.07) is 5.26. The minimum atomic E-state index is -0.424. The minimum absolute atomic E-state index is 0.0677. The largest absolute Gasteiger partial charge is 0.493 e. The van der Waals surface area contributed by atoms with Gasteiger partial charge in [0.1, 0.15) is 6.10 Å². The van der Waals surface area contributed by atoms with Crippen LogP contribution in [0, 0.1) is 5.92 Å². The first-order chi connectivity index (χ1) is 12.1. The minimum Gasteiger partial charge on any atom is -0.493 e. The van der Waals surface area contributed by atoms with Crippen LogP contribution in [0.15, 0.2) is 18.2 Å². The van der Waals surface area contributed by atoms with E-state index in [1.54, 1.807) is 32.4 Å². The number of methoxy groups -OCH3 is 2. The number of hydrogen-bond acceptors (Lipinski definition) is 5. The van der Waals surface area contributed by atoms with Gasteiger partial charge >= 0.3 is 6.09 Å². The quantitative estimate of drug-likeness (QED) is 0.854. The van der Waals surface area contributed by atoms with Crippen molar-refractivity contribution in [1.82, 2.24) is 5.32 Å². The van der Waals surface area contributed by atoms with Crippen molar-refractivity contribution in [2.75, 3.05) is 32.2 Å². The van der Waals surface area contributed by atoms with Crippen molar-refractivity contribution < 1.29 is 23.8 Å². The molecule has 1 saturated heterocycles. The fraction of sp³-hybridized carbons (Fsp3) is 0.556. The zero-order valence-electron chi connectivity index (χ0n) is 14.6. The third-order valence-corrected chi connectivity index (χ3v) is 4.78. The number of benzene rings is 1. The molecule has 1 heterocycles. The number of nitrogens with zero attached hydrogens (tertiary/aromatic N) is 1. The summed E-state index contributed by atoms with van der Waals surface area (Å²) in [5.74, 6) is 1.32. The molecule has 0 radical (unpaired) electrons. The van der Waals surface area contributed by atoms with E-state index in [2.05, 4.69) is 5.32 Å². The summed E-state index contributed by atoms with van der Waals surface area (Å²) < 4.78 is 15.9. The van der Waals surface area contributed by atoms with Crippen molar-refractivity contribution >= 4 is 17.7 Å². The number of nitrogens with one attached hydrogen (secondary N) is 1. The van der Waals surface area contributed by atoms with Gasteiger partial charge in [-0.2, -0.15) is 0 Å². The molecule has 2 aliphatic rings. The Morgan fingerprint density at radius 1 is 1.24 bits per heavy atom. The van der Waals surface area contributed by atoms with Gasteiger partial charge in [0, 0.05) is 12.0 Å². The van der Waals surface area contributed by atoms with Gasteiger partial charge in [0.05, 0.1) is 33.0 Å². The molecule has 7 heteroatoms. The molecule has 25 heavy (non-hydrogen) atoms. The van der Waals surface area contributed by atoms with Crippen LogP contribution in [-0.4, -0.2) is 45.4 Å². The molecular weight excluding hydrogens is 324 g/mol. The first kappa shape index (κ1) is 17.4. The van der Waals surface area contributed by atoms with E-state index in [4.69, 9.17) is 14.2 Å². The van der Waals surface area contributed by atoms with Crippen LogP contribution in [0.5, 0.6) is 11.5 Å². The monoisotopic (exact) mass is 348 g/mol. The van der Waals surface area contributed by atoms with E-state index in [1.165, 1.54) is 4.90 Å². The van der Waals surface area contributed by atoms with Crippen molar-refractivity contribution in [1.29, 1.82) is 0 Å². The molecule has 0 bridgehead atoms. The van der Waals surface area contributed by atoms with Crippen LogP contribution in [0.3, 0.4) is 0 Å². The summed E-state index contributed by atoms with van der Waals surface area (Å²) in [6.45, 7) is 0.726. The number of carbonyl (C=O) groups is 2. The second-order valence-electron chi connectivity index (χ2n) is 6.38. The molecule has 1 aliphatic heterocycles. The SMILES string of the molecule is COc1ccc(N2C[C@@H](CNC(=O)C3CCCC3)OC2=O)cc1OC. The van der Waals surface area contributed by atoms with Gasteiger partial charge in [-0.1, -0.05) is 12.8 Å². The van der Waals surface area contributed by atoms with Crippen LogP contribution >= 0.6 is 0 Å². The third-order valence-electron chi connectivity index (χ3n) is 4.78. The number of hydrogen-bond donors (Lipinski definition) is 1. The second kappa shape index (κ2) is 7.63. The molecule has 2 amide bonds. The predicted molar refractivity (Wildman–Crippen MR) is 92.1 cm³/mol. The average Bonchev–Trinajstić information content (AvgIpc) is 3.29. The highest BCUT2D eigenvalue weighted by atomic mass is 16.6. The van der Waals surface area contributed by atoms with E-state index in [0.717, 1.165) is 25.7 Å². The molecule has 7 nitrogen and oxygen atoms in total. The number of carbonyl (C=O) groups excluding carboxylic acids is 2. The van der Waals surface area contributed by atoms with E-state index < -0.39 is 6.09 Å². The molecule has 0 aromatic heterocycles. The number of anilines is 1. The molecule has 1 saturated carbocycles. The Morgan fingerprint density at radius 2 is 1.96 bits per heavy atom. The highest BCUT2D eigenvalue weighted by Crippen LogP contribution is 2.33. The lowest BCUT2D eigenvalue weighted by Crippen LogP contribution is -2.37. The van der Waals surface area contributed by atoms with Crippen molar-refractivity contribution in [3.63, 3.8) is 0 Å². The summed E-state index contributed by atoms with van der Waals surface area (Å²) in [5.41, 5.74) is 0.673. The van der Waals surface area contributed by atoms with Gasteiger partial charge in [-0.05, 0) is 25.0 Å². The summed E-state index contributed by atoms with van der Waals surface area (Å²) in [7, 11) is 3.11. The van der Waals surface area contributed by atoms with Gasteiger partial charge < -0.3 is 19.5 Å². The van der Waals surface area contributed by atoms with Crippen molar-refractivity contribution in [3.05, 3.63) is 18.2 Å². The lowest BCUT2D eigenvalue weighted by atomic mass is 10.1. The number of rotatable bonds is 6. The topological polar surface area (TPSA) is 77.1 Å². The standard InChI is InChI=1S/C18H24N2O5/c1-23-15-8-7-13(9-16(15)24-2)20-11-14(25-18(20)22)10-19-17(21)12-5-3-4-6-12/h7-9,12,14H,3-6,10-11H2,1-2H3,(H,19,21)/t14-/m1/s1. The van der Waals surface area contributed by atoms with Crippen LogP contribution in [-0.2, 0) is 9.53 Å². The zero-order chi connectivity index (χ0) is 17.8. The molecule has 1 aromatic rings. The molecule has 1 aromatic carbocycles. The molecule has 2 fully saturated rings. The highest BCUT2D eigenvalue weighted by molar-refractivity contribution is 5.90. The normalized spacial score (nSPS) is 20.5. The number of amides is 2. The van der Waals surface area contributed by atoms with E-state index in [1.807, 2.05) is 0 Å². The van der Waals surface area contributed by atoms with E-state index in [0.29, 0.717) is 30.3 Å². The molecule has 1 aliphatic carbocycles. The summed E-state index contributed by atoms with van der Waals surface area (Å²) >= 11 is 0. The third kappa shape index (κ3) is 3.81. The Hall–Kier alpha value is -2.44. The Bertz CT molecular complexity index is 642. The van der Waals surface area contributed by atoms with Gasteiger partial charge in [0.25, 0.3) is 0 Å². The van der Waals surface area contributed by atoms with Gasteiger partial charge in [0.15, 0.2) is 11.5 Å². The average molecular weight is 348 g/mol. The summed E-state index contributed by atoms with van der Waals surface area (Å²) in [6.07, 6.45) is 3.35. The van der Waals surface area contributed by atoms with Crippen LogP contribution in [0.2, 0.25) is 0 Å². The van der Waals surface area contributed by atoms with Crippen molar-refractivity contribution in [2.45, 2.75) is 31.8 Å². The Morgan fingerprint density at radius 3 is 2.64 bits per heavy atom. The van der Waals surface area contributed by atoms with Crippen molar-refractivity contribution in [2.24, 2.45) is 5.92 Å². The lowest BCUT2D eigenvalue weighted by molar-refractivity contribution is -0.125. The Labute approximate surface area is 147 Å². The zero-order valence-corrected chi connectivity index (χ0v) is 14.6. The summed E-state index contributed by atoms with van der Waals surface area (Å²) in [4.78, 5) is 25.8. The Kier molecular flexibility index (Phi) is 5.31. The van der Waals surface area contributed by atoms with Crippen molar-refractivity contribution in [3.8, 4) is 11.5 Å². The molecule has 0 spiro atoms. The first-order valence-corrected chi connectivity index (χ1v) is 8.60.